The molecule has 0 heterocycles. The van der Waals surface area contributed by atoms with Crippen molar-refractivity contribution in [3.63, 3.8) is 0 Å². The first-order valence-electron chi connectivity index (χ1n) is 6.17. The molecule has 1 aromatic rings. The van der Waals surface area contributed by atoms with Crippen LogP contribution in [0, 0.1) is 0 Å². The van der Waals surface area contributed by atoms with Crippen molar-refractivity contribution in [1.29, 1.82) is 0 Å². The van der Waals surface area contributed by atoms with Crippen molar-refractivity contribution in [2.45, 2.75) is 35.9 Å². The van der Waals surface area contributed by atoms with Gasteiger partial charge in [0, 0.05) is 33.5 Å². The van der Waals surface area contributed by atoms with Gasteiger partial charge in [0.2, 0.25) is 0 Å². The van der Waals surface area contributed by atoms with Crippen LogP contribution < -0.4 is 0 Å². The van der Waals surface area contributed by atoms with E-state index in [1.165, 1.54) is 11.1 Å². The molecule has 0 saturated carbocycles. The lowest BCUT2D eigenvalue weighted by molar-refractivity contribution is 1.14. The quantitative estimate of drug-likeness (QED) is 0.661. The van der Waals surface area contributed by atoms with E-state index < -0.39 is 0 Å². The lowest BCUT2D eigenvalue weighted by Crippen LogP contribution is -1.96. The van der Waals surface area contributed by atoms with Crippen LogP contribution in [0.25, 0.3) is 0 Å². The number of thioether (sulfide) groups is 2. The first-order valence-corrected chi connectivity index (χ1v) is 9.51. The monoisotopic (exact) mass is 318 g/mol. The van der Waals surface area contributed by atoms with Crippen LogP contribution in [-0.4, -0.2) is 22.0 Å². The van der Waals surface area contributed by atoms with Crippen LogP contribution in [0.4, 0.5) is 0 Å². The molecule has 0 aliphatic heterocycles. The number of benzene rings is 1. The van der Waals surface area contributed by atoms with Gasteiger partial charge in [0.05, 0.1) is 0 Å². The van der Waals surface area contributed by atoms with Crippen LogP contribution in [-0.2, 0) is 11.5 Å². The third kappa shape index (κ3) is 7.93. The highest BCUT2D eigenvalue weighted by molar-refractivity contribution is 7.99. The summed E-state index contributed by atoms with van der Waals surface area (Å²) in [4.78, 5) is 0. The first kappa shape index (κ1) is 16.7. The molecule has 0 spiro atoms. The fourth-order valence-corrected chi connectivity index (χ4v) is 3.83. The smallest absolute Gasteiger partial charge is 0.0184 e. The predicted molar refractivity (Wildman–Crippen MR) is 95.7 cm³/mol. The Labute approximate surface area is 131 Å². The zero-order valence-corrected chi connectivity index (χ0v) is 14.4. The molecule has 0 aliphatic rings. The van der Waals surface area contributed by atoms with Gasteiger partial charge in [-0.15, -0.1) is 0 Å². The van der Waals surface area contributed by atoms with Crippen molar-refractivity contribution >= 4 is 48.8 Å². The van der Waals surface area contributed by atoms with Gasteiger partial charge in [-0.05, 0) is 11.1 Å². The summed E-state index contributed by atoms with van der Waals surface area (Å²) in [7, 11) is 0. The molecule has 0 radical (unpaired) electrons. The molecule has 0 amide bonds. The van der Waals surface area contributed by atoms with Gasteiger partial charge in [-0.25, -0.2) is 0 Å². The van der Waals surface area contributed by atoms with Crippen LogP contribution in [0.2, 0.25) is 0 Å². The number of hydrogen-bond donors (Lipinski definition) is 2. The Morgan fingerprint density at radius 2 is 1.17 bits per heavy atom. The molecule has 0 saturated heterocycles. The zero-order chi connectivity index (χ0) is 13.4. The highest BCUT2D eigenvalue weighted by Gasteiger charge is 1.99. The van der Waals surface area contributed by atoms with Gasteiger partial charge < -0.3 is 0 Å². The van der Waals surface area contributed by atoms with E-state index in [-0.39, 0.29) is 0 Å². The van der Waals surface area contributed by atoms with Gasteiger partial charge in [0.1, 0.15) is 0 Å². The summed E-state index contributed by atoms with van der Waals surface area (Å²) in [6.45, 7) is 4.28. The summed E-state index contributed by atoms with van der Waals surface area (Å²) in [5, 5.41) is 0.961. The second-order valence-corrected chi connectivity index (χ2v) is 8.37. The van der Waals surface area contributed by atoms with E-state index in [9.17, 15) is 0 Å². The van der Waals surface area contributed by atoms with Crippen molar-refractivity contribution in [3.8, 4) is 0 Å². The van der Waals surface area contributed by atoms with Crippen LogP contribution >= 0.6 is 48.8 Å². The SMILES string of the molecule is CC(S)CSCc1ccc(CSCC(C)S)cc1. The molecule has 0 bridgehead atoms. The van der Waals surface area contributed by atoms with Crippen molar-refractivity contribution in [2.75, 3.05) is 11.5 Å². The van der Waals surface area contributed by atoms with E-state index in [0.717, 1.165) is 23.0 Å². The number of hydrogen-bond acceptors (Lipinski definition) is 4. The molecule has 0 aromatic heterocycles. The second-order valence-electron chi connectivity index (χ2n) is 4.54. The molecule has 2 atom stereocenters. The normalized spacial score (nSPS) is 14.4. The topological polar surface area (TPSA) is 0 Å². The lowest BCUT2D eigenvalue weighted by atomic mass is 10.2. The van der Waals surface area contributed by atoms with E-state index >= 15 is 0 Å². The Morgan fingerprint density at radius 1 is 0.833 bits per heavy atom. The Bertz CT molecular complexity index is 286. The highest BCUT2D eigenvalue weighted by Crippen LogP contribution is 2.18. The molecule has 1 aromatic carbocycles. The Hall–Kier alpha value is 0.620. The number of thiol groups is 2. The molecule has 0 N–H and O–H groups in total. The van der Waals surface area contributed by atoms with Gasteiger partial charge in [-0.1, -0.05) is 38.1 Å². The van der Waals surface area contributed by atoms with Crippen LogP contribution in [0.15, 0.2) is 24.3 Å². The maximum atomic E-state index is 4.39. The van der Waals surface area contributed by atoms with Crippen molar-refractivity contribution < 1.29 is 0 Å². The van der Waals surface area contributed by atoms with Crippen LogP contribution in [0.5, 0.6) is 0 Å². The van der Waals surface area contributed by atoms with Crippen LogP contribution in [0.3, 0.4) is 0 Å². The summed E-state index contributed by atoms with van der Waals surface area (Å²) < 4.78 is 0. The summed E-state index contributed by atoms with van der Waals surface area (Å²) in [5.41, 5.74) is 2.82. The fraction of sp³-hybridized carbons (Fsp3) is 0.571. The van der Waals surface area contributed by atoms with Gasteiger partial charge in [0.15, 0.2) is 0 Å². The summed E-state index contributed by atoms with van der Waals surface area (Å²) >= 11 is 12.7. The predicted octanol–water partition coefficient (Wildman–Crippen LogP) is 4.79. The van der Waals surface area contributed by atoms with Crippen LogP contribution in [0.1, 0.15) is 25.0 Å². The summed E-state index contributed by atoms with van der Waals surface area (Å²) in [6, 6.07) is 8.98. The maximum Gasteiger partial charge on any atom is 0.0184 e. The van der Waals surface area contributed by atoms with E-state index in [1.54, 1.807) is 0 Å². The average molecular weight is 319 g/mol. The molecular weight excluding hydrogens is 296 g/mol. The molecule has 4 heteroatoms. The third-order valence-corrected chi connectivity index (χ3v) is 5.68. The largest absolute Gasteiger partial charge is 0.175 e. The molecule has 0 nitrogen and oxygen atoms in total. The number of rotatable bonds is 8. The van der Waals surface area contributed by atoms with E-state index in [4.69, 9.17) is 0 Å². The van der Waals surface area contributed by atoms with E-state index in [1.807, 2.05) is 23.5 Å². The fourth-order valence-electron chi connectivity index (χ4n) is 1.43. The van der Waals surface area contributed by atoms with Crippen molar-refractivity contribution in [2.24, 2.45) is 0 Å². The molecule has 1 rings (SSSR count). The molecule has 0 fully saturated rings. The first-order chi connectivity index (χ1) is 8.58. The summed E-state index contributed by atoms with van der Waals surface area (Å²) in [6.07, 6.45) is 0. The van der Waals surface area contributed by atoms with Crippen molar-refractivity contribution in [3.05, 3.63) is 35.4 Å². The standard InChI is InChI=1S/C14H22S4/c1-11(15)7-17-9-13-3-5-14(6-4-13)10-18-8-12(2)16/h3-6,11-12,15-16H,7-10H2,1-2H3. The minimum absolute atomic E-state index is 0.480. The maximum absolute atomic E-state index is 4.39. The van der Waals surface area contributed by atoms with Crippen molar-refractivity contribution in [1.82, 2.24) is 0 Å². The molecule has 18 heavy (non-hydrogen) atoms. The Balaban J connectivity index is 2.28. The summed E-state index contributed by atoms with van der Waals surface area (Å²) in [5.74, 6) is 4.40. The molecule has 2 unspecified atom stereocenters. The zero-order valence-electron chi connectivity index (χ0n) is 11.0. The van der Waals surface area contributed by atoms with E-state index in [0.29, 0.717) is 10.5 Å². The van der Waals surface area contributed by atoms with Gasteiger partial charge >= 0.3 is 0 Å². The van der Waals surface area contributed by atoms with Gasteiger partial charge in [-0.2, -0.15) is 48.8 Å². The second kappa shape index (κ2) is 9.51. The van der Waals surface area contributed by atoms with Gasteiger partial charge in [-0.3, -0.25) is 0 Å². The highest BCUT2D eigenvalue weighted by atomic mass is 32.2. The lowest BCUT2D eigenvalue weighted by Gasteiger charge is -2.07. The minimum atomic E-state index is 0.480. The van der Waals surface area contributed by atoms with E-state index in [2.05, 4.69) is 63.4 Å². The Morgan fingerprint density at radius 3 is 1.44 bits per heavy atom. The minimum Gasteiger partial charge on any atom is -0.175 e. The Kier molecular flexibility index (Phi) is 8.81. The molecular formula is C14H22S4. The average Bonchev–Trinajstić information content (AvgIpc) is 2.30. The molecule has 0 aliphatic carbocycles. The van der Waals surface area contributed by atoms with Gasteiger partial charge in [0.25, 0.3) is 0 Å². The third-order valence-electron chi connectivity index (χ3n) is 2.28. The molecule has 102 valence electrons.